The number of rotatable bonds is 3. The lowest BCUT2D eigenvalue weighted by Gasteiger charge is -2.16. The van der Waals surface area contributed by atoms with Crippen molar-refractivity contribution < 1.29 is 14.3 Å². The molecule has 2 N–H and O–H groups in total. The number of nitrogens with two attached hydrogens (primary N) is 1. The summed E-state index contributed by atoms with van der Waals surface area (Å²) in [6.45, 7) is 7.24. The molecule has 17 heavy (non-hydrogen) atoms. The van der Waals surface area contributed by atoms with Crippen molar-refractivity contribution in [3.8, 4) is 5.75 Å². The molecule has 1 aromatic rings. The van der Waals surface area contributed by atoms with Crippen LogP contribution in [0.2, 0.25) is 0 Å². The number of hydrogen-bond acceptors (Lipinski definition) is 4. The van der Waals surface area contributed by atoms with Crippen molar-refractivity contribution >= 4 is 11.7 Å². The number of hydrogen-bond donors (Lipinski definition) is 1. The molecule has 0 amide bonds. The Bertz CT molecular complexity index is 439. The number of benzene rings is 1. The molecule has 4 heteroatoms. The second-order valence-corrected chi connectivity index (χ2v) is 4.26. The van der Waals surface area contributed by atoms with Crippen molar-refractivity contribution in [2.24, 2.45) is 0 Å². The van der Waals surface area contributed by atoms with Crippen LogP contribution in [0.1, 0.15) is 35.3 Å². The molecule has 0 aromatic heterocycles. The fraction of sp³-hybridized carbons (Fsp3) is 0.462. The predicted octanol–water partition coefficient (Wildman–Crippen LogP) is 2.46. The molecule has 0 heterocycles. The average Bonchev–Trinajstić information content (AvgIpc) is 2.22. The minimum absolute atomic E-state index is 0.173. The first-order valence-electron chi connectivity index (χ1n) is 5.53. The number of ether oxygens (including phenoxy) is 2. The molecule has 0 bridgehead atoms. The summed E-state index contributed by atoms with van der Waals surface area (Å²) < 4.78 is 10.4. The molecule has 0 aliphatic heterocycles. The molecule has 1 aromatic carbocycles. The first kappa shape index (κ1) is 13.4. The van der Waals surface area contributed by atoms with E-state index in [2.05, 4.69) is 0 Å². The second-order valence-electron chi connectivity index (χ2n) is 4.26. The summed E-state index contributed by atoms with van der Waals surface area (Å²) >= 11 is 0. The molecule has 0 unspecified atom stereocenters. The number of aryl methyl sites for hydroxylation is 1. The molecule has 0 radical (unpaired) electrons. The predicted molar refractivity (Wildman–Crippen MR) is 67.4 cm³/mol. The Labute approximate surface area is 102 Å². The van der Waals surface area contributed by atoms with Gasteiger partial charge in [-0.15, -0.1) is 0 Å². The average molecular weight is 237 g/mol. The van der Waals surface area contributed by atoms with Crippen molar-refractivity contribution in [1.82, 2.24) is 0 Å². The van der Waals surface area contributed by atoms with E-state index in [0.717, 1.165) is 5.56 Å². The van der Waals surface area contributed by atoms with Crippen LogP contribution >= 0.6 is 0 Å². The van der Waals surface area contributed by atoms with Crippen LogP contribution in [0, 0.1) is 13.8 Å². The molecule has 0 saturated carbocycles. The number of carbonyl (C=O) groups is 1. The summed E-state index contributed by atoms with van der Waals surface area (Å²) in [5.74, 6) is 0.240. The van der Waals surface area contributed by atoms with Crippen LogP contribution in [-0.4, -0.2) is 19.2 Å². The summed E-state index contributed by atoms with van der Waals surface area (Å²) in [6.07, 6.45) is -0.173. The van der Waals surface area contributed by atoms with E-state index in [0.29, 0.717) is 22.6 Å². The number of carbonyl (C=O) groups excluding carboxylic acids is 1. The quantitative estimate of drug-likeness (QED) is 0.648. The molecular formula is C13H19NO3. The smallest absolute Gasteiger partial charge is 0.340 e. The van der Waals surface area contributed by atoms with Gasteiger partial charge in [-0.1, -0.05) is 0 Å². The van der Waals surface area contributed by atoms with Crippen molar-refractivity contribution in [3.05, 3.63) is 22.8 Å². The summed E-state index contributed by atoms with van der Waals surface area (Å²) in [7, 11) is 1.57. The standard InChI is InChI=1S/C13H19NO3/c1-7(2)17-13(15)11-9(4)10(16-5)6-8(3)12(11)14/h6-7H,14H2,1-5H3. The topological polar surface area (TPSA) is 61.5 Å². The molecule has 4 nitrogen and oxygen atoms in total. The van der Waals surface area contributed by atoms with Crippen LogP contribution < -0.4 is 10.5 Å². The minimum Gasteiger partial charge on any atom is -0.496 e. The van der Waals surface area contributed by atoms with Gasteiger partial charge in [-0.25, -0.2) is 4.79 Å². The van der Waals surface area contributed by atoms with Gasteiger partial charge in [0.2, 0.25) is 0 Å². The van der Waals surface area contributed by atoms with Crippen molar-refractivity contribution in [1.29, 1.82) is 0 Å². The number of methoxy groups -OCH3 is 1. The Morgan fingerprint density at radius 3 is 2.41 bits per heavy atom. The van der Waals surface area contributed by atoms with Crippen molar-refractivity contribution in [3.63, 3.8) is 0 Å². The monoisotopic (exact) mass is 237 g/mol. The van der Waals surface area contributed by atoms with Gasteiger partial charge in [-0.3, -0.25) is 0 Å². The molecule has 1 rings (SSSR count). The lowest BCUT2D eigenvalue weighted by atomic mass is 10.0. The normalized spacial score (nSPS) is 10.5. The maximum atomic E-state index is 12.0. The van der Waals surface area contributed by atoms with Crippen LogP contribution in [0.25, 0.3) is 0 Å². The summed E-state index contributed by atoms with van der Waals surface area (Å²) in [5.41, 5.74) is 8.30. The lowest BCUT2D eigenvalue weighted by Crippen LogP contribution is -2.16. The van der Waals surface area contributed by atoms with Gasteiger partial charge in [0.05, 0.1) is 18.8 Å². The summed E-state index contributed by atoms with van der Waals surface area (Å²) in [6, 6.07) is 1.82. The lowest BCUT2D eigenvalue weighted by molar-refractivity contribution is 0.0378. The Balaban J connectivity index is 3.30. The van der Waals surface area contributed by atoms with E-state index in [-0.39, 0.29) is 6.10 Å². The van der Waals surface area contributed by atoms with Gasteiger partial charge in [-0.2, -0.15) is 0 Å². The molecule has 0 fully saturated rings. The maximum absolute atomic E-state index is 12.0. The van der Waals surface area contributed by atoms with Crippen LogP contribution in [0.15, 0.2) is 6.07 Å². The van der Waals surface area contributed by atoms with Crippen LogP contribution in [0.4, 0.5) is 5.69 Å². The Kier molecular flexibility index (Phi) is 3.99. The highest BCUT2D eigenvalue weighted by atomic mass is 16.5. The first-order chi connectivity index (χ1) is 7.88. The highest BCUT2D eigenvalue weighted by molar-refractivity contribution is 5.98. The molecular weight excluding hydrogens is 218 g/mol. The highest BCUT2D eigenvalue weighted by Crippen LogP contribution is 2.30. The number of anilines is 1. The van der Waals surface area contributed by atoms with Crippen molar-refractivity contribution in [2.75, 3.05) is 12.8 Å². The molecule has 0 spiro atoms. The van der Waals surface area contributed by atoms with Gasteiger partial charge in [0, 0.05) is 11.3 Å². The molecule has 0 atom stereocenters. The second kappa shape index (κ2) is 5.08. The molecule has 0 aliphatic rings. The van der Waals surface area contributed by atoms with E-state index in [9.17, 15) is 4.79 Å². The molecule has 0 saturated heterocycles. The SMILES string of the molecule is COc1cc(C)c(N)c(C(=O)OC(C)C)c1C. The van der Waals surface area contributed by atoms with Crippen LogP contribution in [0.3, 0.4) is 0 Å². The van der Waals surface area contributed by atoms with Gasteiger partial charge in [0.1, 0.15) is 5.75 Å². The first-order valence-corrected chi connectivity index (χ1v) is 5.53. The van der Waals surface area contributed by atoms with E-state index in [1.165, 1.54) is 0 Å². The van der Waals surface area contributed by atoms with Gasteiger partial charge < -0.3 is 15.2 Å². The fourth-order valence-electron chi connectivity index (χ4n) is 1.65. The molecule has 94 valence electrons. The van der Waals surface area contributed by atoms with E-state index in [1.54, 1.807) is 27.9 Å². The van der Waals surface area contributed by atoms with Crippen LogP contribution in [-0.2, 0) is 4.74 Å². The number of nitrogen functional groups attached to an aromatic ring is 1. The van der Waals surface area contributed by atoms with Gasteiger partial charge >= 0.3 is 5.97 Å². The third-order valence-electron chi connectivity index (χ3n) is 2.55. The Morgan fingerprint density at radius 1 is 1.35 bits per heavy atom. The zero-order chi connectivity index (χ0) is 13.2. The number of esters is 1. The molecule has 0 aliphatic carbocycles. The van der Waals surface area contributed by atoms with Gasteiger partial charge in [0.15, 0.2) is 0 Å². The van der Waals surface area contributed by atoms with Gasteiger partial charge in [0.25, 0.3) is 0 Å². The largest absolute Gasteiger partial charge is 0.496 e. The van der Waals surface area contributed by atoms with E-state index >= 15 is 0 Å². The zero-order valence-corrected chi connectivity index (χ0v) is 11.0. The third kappa shape index (κ3) is 2.70. The summed E-state index contributed by atoms with van der Waals surface area (Å²) in [4.78, 5) is 12.0. The van der Waals surface area contributed by atoms with E-state index < -0.39 is 5.97 Å². The Hall–Kier alpha value is -1.71. The van der Waals surface area contributed by atoms with Crippen molar-refractivity contribution in [2.45, 2.75) is 33.8 Å². The Morgan fingerprint density at radius 2 is 1.94 bits per heavy atom. The fourth-order valence-corrected chi connectivity index (χ4v) is 1.65. The van der Waals surface area contributed by atoms with E-state index in [1.807, 2.05) is 13.0 Å². The van der Waals surface area contributed by atoms with Crippen LogP contribution in [0.5, 0.6) is 5.75 Å². The minimum atomic E-state index is -0.406. The van der Waals surface area contributed by atoms with E-state index in [4.69, 9.17) is 15.2 Å². The van der Waals surface area contributed by atoms with Gasteiger partial charge in [-0.05, 0) is 39.3 Å². The third-order valence-corrected chi connectivity index (χ3v) is 2.55. The maximum Gasteiger partial charge on any atom is 0.340 e. The zero-order valence-electron chi connectivity index (χ0n) is 11.0. The summed E-state index contributed by atoms with van der Waals surface area (Å²) in [5, 5.41) is 0. The highest BCUT2D eigenvalue weighted by Gasteiger charge is 2.20.